The predicted octanol–water partition coefficient (Wildman–Crippen LogP) is 0.415. The molecule has 2 rings (SSSR count). The normalized spacial score (nSPS) is 14.1. The first-order valence-electron chi connectivity index (χ1n) is 6.41. The SMILES string of the molecule is O=C(Nc1ccc2c(c1)OCCO2)N[C@H](CCO)C(=O)O. The third kappa shape index (κ3) is 3.99. The van der Waals surface area contributed by atoms with Crippen molar-refractivity contribution >= 4 is 17.7 Å². The Hall–Kier alpha value is -2.48. The maximum atomic E-state index is 11.7. The van der Waals surface area contributed by atoms with Crippen molar-refractivity contribution in [1.82, 2.24) is 5.32 Å². The number of carboxylic acids is 1. The highest BCUT2D eigenvalue weighted by Crippen LogP contribution is 2.32. The number of fused-ring (bicyclic) bond motifs is 1. The highest BCUT2D eigenvalue weighted by atomic mass is 16.6. The van der Waals surface area contributed by atoms with Gasteiger partial charge in [-0.25, -0.2) is 9.59 Å². The first kappa shape index (κ1) is 14.9. The van der Waals surface area contributed by atoms with Gasteiger partial charge in [0.1, 0.15) is 19.3 Å². The van der Waals surface area contributed by atoms with Gasteiger partial charge in [0.25, 0.3) is 0 Å². The number of carbonyl (C=O) groups is 2. The van der Waals surface area contributed by atoms with Gasteiger partial charge in [-0.2, -0.15) is 0 Å². The summed E-state index contributed by atoms with van der Waals surface area (Å²) < 4.78 is 10.7. The Labute approximate surface area is 120 Å². The topological polar surface area (TPSA) is 117 Å². The molecular weight excluding hydrogens is 280 g/mol. The van der Waals surface area contributed by atoms with E-state index in [1.165, 1.54) is 0 Å². The number of nitrogens with one attached hydrogen (secondary N) is 2. The molecule has 0 aliphatic carbocycles. The lowest BCUT2D eigenvalue weighted by atomic mass is 10.2. The molecule has 2 amide bonds. The number of ether oxygens (including phenoxy) is 2. The number of benzene rings is 1. The van der Waals surface area contributed by atoms with Crippen LogP contribution >= 0.6 is 0 Å². The van der Waals surface area contributed by atoms with Crippen LogP contribution in [0.4, 0.5) is 10.5 Å². The van der Waals surface area contributed by atoms with Crippen LogP contribution in [-0.2, 0) is 4.79 Å². The van der Waals surface area contributed by atoms with Crippen LogP contribution in [0.1, 0.15) is 6.42 Å². The maximum Gasteiger partial charge on any atom is 0.326 e. The van der Waals surface area contributed by atoms with E-state index in [0.29, 0.717) is 30.4 Å². The molecule has 0 saturated heterocycles. The molecule has 1 aliphatic rings. The molecule has 114 valence electrons. The summed E-state index contributed by atoms with van der Waals surface area (Å²) >= 11 is 0. The van der Waals surface area contributed by atoms with Crippen LogP contribution in [0.3, 0.4) is 0 Å². The summed E-state index contributed by atoms with van der Waals surface area (Å²) in [6, 6.07) is 3.05. The lowest BCUT2D eigenvalue weighted by molar-refractivity contribution is -0.139. The van der Waals surface area contributed by atoms with Gasteiger partial charge < -0.3 is 30.3 Å². The monoisotopic (exact) mass is 296 g/mol. The van der Waals surface area contributed by atoms with Crippen molar-refractivity contribution in [2.24, 2.45) is 0 Å². The highest BCUT2D eigenvalue weighted by Gasteiger charge is 2.19. The Morgan fingerprint density at radius 3 is 2.62 bits per heavy atom. The van der Waals surface area contributed by atoms with Crippen molar-refractivity contribution in [3.8, 4) is 11.5 Å². The molecule has 1 heterocycles. The zero-order valence-electron chi connectivity index (χ0n) is 11.2. The number of hydrogen-bond donors (Lipinski definition) is 4. The summed E-state index contributed by atoms with van der Waals surface area (Å²) in [5.74, 6) is -0.0959. The Morgan fingerprint density at radius 1 is 1.24 bits per heavy atom. The Kier molecular flexibility index (Phi) is 4.83. The van der Waals surface area contributed by atoms with Crippen LogP contribution in [0.25, 0.3) is 0 Å². The molecule has 0 bridgehead atoms. The summed E-state index contributed by atoms with van der Waals surface area (Å²) in [6.07, 6.45) is -0.0656. The average Bonchev–Trinajstić information content (AvgIpc) is 2.46. The maximum absolute atomic E-state index is 11.7. The zero-order valence-corrected chi connectivity index (χ0v) is 11.2. The van der Waals surface area contributed by atoms with E-state index < -0.39 is 18.0 Å². The number of hydrogen-bond acceptors (Lipinski definition) is 5. The smallest absolute Gasteiger partial charge is 0.326 e. The van der Waals surface area contributed by atoms with Crippen molar-refractivity contribution in [2.75, 3.05) is 25.1 Å². The molecule has 1 atom stereocenters. The lowest BCUT2D eigenvalue weighted by Crippen LogP contribution is -2.43. The van der Waals surface area contributed by atoms with E-state index in [-0.39, 0.29) is 13.0 Å². The van der Waals surface area contributed by atoms with Gasteiger partial charge in [0.2, 0.25) is 0 Å². The number of aliphatic hydroxyl groups is 1. The molecule has 8 nitrogen and oxygen atoms in total. The van der Waals surface area contributed by atoms with Crippen LogP contribution < -0.4 is 20.1 Å². The van der Waals surface area contributed by atoms with E-state index >= 15 is 0 Å². The van der Waals surface area contributed by atoms with Gasteiger partial charge in [0.15, 0.2) is 11.5 Å². The first-order chi connectivity index (χ1) is 10.1. The second-order valence-corrected chi connectivity index (χ2v) is 4.36. The van der Waals surface area contributed by atoms with Crippen molar-refractivity contribution in [1.29, 1.82) is 0 Å². The molecule has 1 aromatic carbocycles. The van der Waals surface area contributed by atoms with E-state index in [1.807, 2.05) is 0 Å². The molecule has 0 radical (unpaired) electrons. The Bertz CT molecular complexity index is 533. The van der Waals surface area contributed by atoms with Crippen LogP contribution in [0.15, 0.2) is 18.2 Å². The summed E-state index contributed by atoms with van der Waals surface area (Å²) in [7, 11) is 0. The van der Waals surface area contributed by atoms with Crippen molar-refractivity contribution in [2.45, 2.75) is 12.5 Å². The summed E-state index contributed by atoms with van der Waals surface area (Å²) in [5.41, 5.74) is 0.449. The number of aliphatic hydroxyl groups excluding tert-OH is 1. The fraction of sp³-hybridized carbons (Fsp3) is 0.385. The molecule has 1 aliphatic heterocycles. The third-order valence-electron chi connectivity index (χ3n) is 2.82. The van der Waals surface area contributed by atoms with Gasteiger partial charge in [-0.15, -0.1) is 0 Å². The number of carboxylic acid groups (broad SMARTS) is 1. The minimum atomic E-state index is -1.21. The number of rotatable bonds is 5. The minimum Gasteiger partial charge on any atom is -0.486 e. The molecule has 0 fully saturated rings. The molecule has 1 aromatic rings. The van der Waals surface area contributed by atoms with Gasteiger partial charge >= 0.3 is 12.0 Å². The number of aliphatic carboxylic acids is 1. The molecule has 4 N–H and O–H groups in total. The number of urea groups is 1. The number of carbonyl (C=O) groups excluding carboxylic acids is 1. The molecule has 0 spiro atoms. The van der Waals surface area contributed by atoms with Crippen LogP contribution in [0.5, 0.6) is 11.5 Å². The summed E-state index contributed by atoms with van der Waals surface area (Å²) in [5, 5.41) is 22.4. The second kappa shape index (κ2) is 6.80. The molecular formula is C13H16N2O6. The molecule has 8 heteroatoms. The Morgan fingerprint density at radius 2 is 1.95 bits per heavy atom. The lowest BCUT2D eigenvalue weighted by Gasteiger charge is -2.19. The molecule has 0 unspecified atom stereocenters. The molecule has 0 saturated carbocycles. The molecule has 21 heavy (non-hydrogen) atoms. The van der Waals surface area contributed by atoms with Crippen molar-refractivity contribution < 1.29 is 29.3 Å². The third-order valence-corrected chi connectivity index (χ3v) is 2.82. The van der Waals surface area contributed by atoms with E-state index in [2.05, 4.69) is 10.6 Å². The van der Waals surface area contributed by atoms with Crippen molar-refractivity contribution in [3.63, 3.8) is 0 Å². The van der Waals surface area contributed by atoms with Gasteiger partial charge in [-0.05, 0) is 12.1 Å². The minimum absolute atomic E-state index is 0.0656. The van der Waals surface area contributed by atoms with Gasteiger partial charge in [0, 0.05) is 24.8 Å². The average molecular weight is 296 g/mol. The Balaban J connectivity index is 1.97. The van der Waals surface area contributed by atoms with Gasteiger partial charge in [0.05, 0.1) is 0 Å². The summed E-state index contributed by atoms with van der Waals surface area (Å²) in [4.78, 5) is 22.6. The van der Waals surface area contributed by atoms with E-state index in [9.17, 15) is 9.59 Å². The zero-order chi connectivity index (χ0) is 15.2. The quantitative estimate of drug-likeness (QED) is 0.625. The first-order valence-corrected chi connectivity index (χ1v) is 6.41. The second-order valence-electron chi connectivity index (χ2n) is 4.36. The van der Waals surface area contributed by atoms with Crippen LogP contribution in [0, 0.1) is 0 Å². The van der Waals surface area contributed by atoms with Crippen molar-refractivity contribution in [3.05, 3.63) is 18.2 Å². The summed E-state index contributed by atoms with van der Waals surface area (Å²) in [6.45, 7) is 0.573. The number of anilines is 1. The van der Waals surface area contributed by atoms with Gasteiger partial charge in [-0.1, -0.05) is 0 Å². The number of amides is 2. The predicted molar refractivity (Wildman–Crippen MR) is 72.7 cm³/mol. The molecule has 0 aromatic heterocycles. The van der Waals surface area contributed by atoms with Gasteiger partial charge in [-0.3, -0.25) is 0 Å². The van der Waals surface area contributed by atoms with Crippen LogP contribution in [-0.4, -0.2) is 48.1 Å². The van der Waals surface area contributed by atoms with E-state index in [4.69, 9.17) is 19.7 Å². The van der Waals surface area contributed by atoms with E-state index in [1.54, 1.807) is 18.2 Å². The standard InChI is InChI=1S/C13H16N2O6/c16-4-3-9(12(17)18)15-13(19)14-8-1-2-10-11(7-8)21-6-5-20-10/h1-2,7,9,16H,3-6H2,(H,17,18)(H2,14,15,19)/t9-/m1/s1. The fourth-order valence-electron chi connectivity index (χ4n) is 1.83. The van der Waals surface area contributed by atoms with E-state index in [0.717, 1.165) is 0 Å². The highest BCUT2D eigenvalue weighted by molar-refractivity contribution is 5.92. The van der Waals surface area contributed by atoms with Crippen LogP contribution in [0.2, 0.25) is 0 Å². The largest absolute Gasteiger partial charge is 0.486 e. The fourth-order valence-corrected chi connectivity index (χ4v) is 1.83.